The van der Waals surface area contributed by atoms with E-state index in [9.17, 15) is 13.2 Å². The molecule has 128 valence electrons. The molecule has 0 saturated carbocycles. The fraction of sp³-hybridized carbons (Fsp3) is 0.588. The molecule has 0 aromatic heterocycles. The van der Waals surface area contributed by atoms with Crippen LogP contribution < -0.4 is 5.32 Å². The standard InChI is InChI=1S/C17H25NO4S/c1-17(2,3)14-4-6-15(7-5-14)23(20,21)11-9-18-16(19)13-8-10-22-12-13/h4-7,13H,8-12H2,1-3H3,(H,18,19)/t13-/m1/s1. The molecule has 1 aromatic rings. The quantitative estimate of drug-likeness (QED) is 0.889. The third-order valence-electron chi connectivity index (χ3n) is 4.05. The van der Waals surface area contributed by atoms with Gasteiger partial charge in [-0.1, -0.05) is 32.9 Å². The summed E-state index contributed by atoms with van der Waals surface area (Å²) in [7, 11) is -3.39. The Kier molecular flexibility index (Phi) is 5.47. The first-order chi connectivity index (χ1) is 10.7. The third kappa shape index (κ3) is 4.78. The van der Waals surface area contributed by atoms with Gasteiger partial charge >= 0.3 is 0 Å². The Labute approximate surface area is 138 Å². The van der Waals surface area contributed by atoms with Gasteiger partial charge in [0, 0.05) is 13.2 Å². The predicted molar refractivity (Wildman–Crippen MR) is 89.1 cm³/mol. The van der Waals surface area contributed by atoms with Gasteiger partial charge in [0.05, 0.1) is 23.2 Å². The van der Waals surface area contributed by atoms with Crippen LogP contribution in [-0.2, 0) is 24.8 Å². The molecule has 0 radical (unpaired) electrons. The SMILES string of the molecule is CC(C)(C)c1ccc(S(=O)(=O)CCNC(=O)[C@@H]2CCOC2)cc1. The number of sulfone groups is 1. The molecule has 1 heterocycles. The number of nitrogens with one attached hydrogen (secondary N) is 1. The number of carbonyl (C=O) groups excluding carboxylic acids is 1. The Hall–Kier alpha value is -1.40. The van der Waals surface area contributed by atoms with E-state index in [4.69, 9.17) is 4.74 Å². The maximum absolute atomic E-state index is 12.3. The molecular formula is C17H25NO4S. The lowest BCUT2D eigenvalue weighted by Crippen LogP contribution is -2.34. The average Bonchev–Trinajstić information content (AvgIpc) is 3.00. The molecule has 0 aliphatic carbocycles. The topological polar surface area (TPSA) is 72.5 Å². The zero-order valence-electron chi connectivity index (χ0n) is 14.0. The van der Waals surface area contributed by atoms with Crippen molar-refractivity contribution in [2.75, 3.05) is 25.5 Å². The molecule has 5 nitrogen and oxygen atoms in total. The Balaban J connectivity index is 1.92. The van der Waals surface area contributed by atoms with Crippen molar-refractivity contribution in [1.29, 1.82) is 0 Å². The second-order valence-electron chi connectivity index (χ2n) is 6.94. The van der Waals surface area contributed by atoms with Crippen molar-refractivity contribution in [3.63, 3.8) is 0 Å². The highest BCUT2D eigenvalue weighted by atomic mass is 32.2. The molecule has 2 rings (SSSR count). The summed E-state index contributed by atoms with van der Waals surface area (Å²) in [5, 5.41) is 2.69. The van der Waals surface area contributed by atoms with Crippen molar-refractivity contribution in [1.82, 2.24) is 5.32 Å². The maximum atomic E-state index is 12.3. The van der Waals surface area contributed by atoms with Crippen LogP contribution in [0.4, 0.5) is 0 Å². The van der Waals surface area contributed by atoms with Crippen LogP contribution in [0.3, 0.4) is 0 Å². The molecule has 1 saturated heterocycles. The molecule has 6 heteroatoms. The number of hydrogen-bond acceptors (Lipinski definition) is 4. The van der Waals surface area contributed by atoms with Crippen LogP contribution in [0.2, 0.25) is 0 Å². The first kappa shape index (κ1) is 17.9. The maximum Gasteiger partial charge on any atom is 0.225 e. The highest BCUT2D eigenvalue weighted by molar-refractivity contribution is 7.91. The minimum atomic E-state index is -3.39. The van der Waals surface area contributed by atoms with E-state index in [1.165, 1.54) is 0 Å². The fourth-order valence-electron chi connectivity index (χ4n) is 2.47. The van der Waals surface area contributed by atoms with Crippen LogP contribution in [0.1, 0.15) is 32.8 Å². The number of hydrogen-bond donors (Lipinski definition) is 1. The van der Waals surface area contributed by atoms with Gasteiger partial charge in [-0.2, -0.15) is 0 Å². The third-order valence-corrected chi connectivity index (χ3v) is 5.78. The highest BCUT2D eigenvalue weighted by Gasteiger charge is 2.24. The van der Waals surface area contributed by atoms with Gasteiger partial charge in [0.2, 0.25) is 5.91 Å². The van der Waals surface area contributed by atoms with Gasteiger partial charge in [0.1, 0.15) is 0 Å². The van der Waals surface area contributed by atoms with Gasteiger partial charge in [-0.25, -0.2) is 8.42 Å². The molecule has 0 bridgehead atoms. The summed E-state index contributed by atoms with van der Waals surface area (Å²) in [4.78, 5) is 12.1. The molecule has 23 heavy (non-hydrogen) atoms. The molecule has 1 aromatic carbocycles. The summed E-state index contributed by atoms with van der Waals surface area (Å²) in [5.74, 6) is -0.370. The normalized spacial score (nSPS) is 18.8. The van der Waals surface area contributed by atoms with Crippen LogP contribution in [0.5, 0.6) is 0 Å². The van der Waals surface area contributed by atoms with Gasteiger partial charge in [-0.05, 0) is 29.5 Å². The Morgan fingerprint density at radius 1 is 1.26 bits per heavy atom. The first-order valence-corrected chi connectivity index (χ1v) is 9.54. The smallest absolute Gasteiger partial charge is 0.225 e. The molecule has 1 N–H and O–H groups in total. The number of ether oxygens (including phenoxy) is 1. The lowest BCUT2D eigenvalue weighted by Gasteiger charge is -2.19. The zero-order valence-corrected chi connectivity index (χ0v) is 14.8. The summed E-state index contributed by atoms with van der Waals surface area (Å²) >= 11 is 0. The molecular weight excluding hydrogens is 314 g/mol. The fourth-order valence-corrected chi connectivity index (χ4v) is 3.63. The minimum Gasteiger partial charge on any atom is -0.381 e. The van der Waals surface area contributed by atoms with Crippen LogP contribution in [0, 0.1) is 5.92 Å². The van der Waals surface area contributed by atoms with E-state index in [1.807, 2.05) is 12.1 Å². The Morgan fingerprint density at radius 3 is 2.43 bits per heavy atom. The second kappa shape index (κ2) is 7.01. The van der Waals surface area contributed by atoms with Crippen molar-refractivity contribution in [2.24, 2.45) is 5.92 Å². The largest absolute Gasteiger partial charge is 0.381 e. The van der Waals surface area contributed by atoms with E-state index in [1.54, 1.807) is 12.1 Å². The summed E-state index contributed by atoms with van der Waals surface area (Å²) in [5.41, 5.74) is 1.07. The lowest BCUT2D eigenvalue weighted by molar-refractivity contribution is -0.124. The summed E-state index contributed by atoms with van der Waals surface area (Å²) in [6.45, 7) is 7.39. The summed E-state index contributed by atoms with van der Waals surface area (Å²) in [6, 6.07) is 6.98. The zero-order chi connectivity index (χ0) is 17.1. The summed E-state index contributed by atoms with van der Waals surface area (Å²) in [6.07, 6.45) is 0.701. The monoisotopic (exact) mass is 339 g/mol. The van der Waals surface area contributed by atoms with Crippen LogP contribution >= 0.6 is 0 Å². The molecule has 1 atom stereocenters. The molecule has 1 amide bonds. The molecule has 1 aliphatic heterocycles. The van der Waals surface area contributed by atoms with Crippen molar-refractivity contribution in [3.8, 4) is 0 Å². The number of carbonyl (C=O) groups is 1. The number of benzene rings is 1. The minimum absolute atomic E-state index is 0.0143. The first-order valence-electron chi connectivity index (χ1n) is 7.89. The number of rotatable bonds is 5. The van der Waals surface area contributed by atoms with Gasteiger partial charge in [-0.15, -0.1) is 0 Å². The highest BCUT2D eigenvalue weighted by Crippen LogP contribution is 2.23. The van der Waals surface area contributed by atoms with Crippen LogP contribution in [0.25, 0.3) is 0 Å². The average molecular weight is 339 g/mol. The lowest BCUT2D eigenvalue weighted by atomic mass is 9.87. The van der Waals surface area contributed by atoms with E-state index in [0.29, 0.717) is 24.5 Å². The van der Waals surface area contributed by atoms with Crippen molar-refractivity contribution < 1.29 is 17.9 Å². The number of amides is 1. The molecule has 1 aliphatic rings. The second-order valence-corrected chi connectivity index (χ2v) is 9.05. The summed E-state index contributed by atoms with van der Waals surface area (Å²) < 4.78 is 29.8. The van der Waals surface area contributed by atoms with Crippen LogP contribution in [-0.4, -0.2) is 39.8 Å². The van der Waals surface area contributed by atoms with E-state index in [0.717, 1.165) is 5.56 Å². The van der Waals surface area contributed by atoms with Gasteiger partial charge in [-0.3, -0.25) is 4.79 Å². The van der Waals surface area contributed by atoms with E-state index in [2.05, 4.69) is 26.1 Å². The van der Waals surface area contributed by atoms with Crippen molar-refractivity contribution >= 4 is 15.7 Å². The van der Waals surface area contributed by atoms with Gasteiger partial charge in [0.15, 0.2) is 9.84 Å². The van der Waals surface area contributed by atoms with Gasteiger partial charge < -0.3 is 10.1 Å². The Bertz CT molecular complexity index is 638. The Morgan fingerprint density at radius 2 is 1.91 bits per heavy atom. The van der Waals surface area contributed by atoms with Gasteiger partial charge in [0.25, 0.3) is 0 Å². The van der Waals surface area contributed by atoms with Crippen LogP contribution in [0.15, 0.2) is 29.2 Å². The van der Waals surface area contributed by atoms with E-state index in [-0.39, 0.29) is 29.5 Å². The van der Waals surface area contributed by atoms with Crippen molar-refractivity contribution in [3.05, 3.63) is 29.8 Å². The molecule has 0 unspecified atom stereocenters. The van der Waals surface area contributed by atoms with E-state index < -0.39 is 9.84 Å². The predicted octanol–water partition coefficient (Wildman–Crippen LogP) is 1.91. The molecule has 1 fully saturated rings. The van der Waals surface area contributed by atoms with Crippen molar-refractivity contribution in [2.45, 2.75) is 37.5 Å². The van der Waals surface area contributed by atoms with E-state index >= 15 is 0 Å². The molecule has 0 spiro atoms.